The first-order valence-electron chi connectivity index (χ1n) is 5.53. The first-order valence-corrected chi connectivity index (χ1v) is 6.28. The number of rotatable bonds is 1. The zero-order valence-corrected chi connectivity index (χ0v) is 11.0. The van der Waals surface area contributed by atoms with E-state index in [4.69, 9.17) is 23.2 Å². The van der Waals surface area contributed by atoms with Crippen LogP contribution in [0.1, 0.15) is 13.8 Å². The molecule has 0 spiro atoms. The third-order valence-corrected chi connectivity index (χ3v) is 3.52. The van der Waals surface area contributed by atoms with Gasteiger partial charge in [-0.25, -0.2) is 0 Å². The van der Waals surface area contributed by atoms with E-state index in [2.05, 4.69) is 24.1 Å². The van der Waals surface area contributed by atoms with E-state index in [1.165, 1.54) is 0 Å². The molecule has 1 N–H and O–H groups in total. The van der Waals surface area contributed by atoms with Gasteiger partial charge >= 0.3 is 0 Å². The predicted octanol–water partition coefficient (Wildman–Crippen LogP) is 3.18. The van der Waals surface area contributed by atoms with Crippen molar-refractivity contribution in [1.29, 1.82) is 0 Å². The molecule has 0 saturated carbocycles. The highest BCUT2D eigenvalue weighted by Crippen LogP contribution is 2.30. The molecule has 16 heavy (non-hydrogen) atoms. The zero-order valence-electron chi connectivity index (χ0n) is 9.50. The van der Waals surface area contributed by atoms with Crippen LogP contribution in [0.25, 0.3) is 0 Å². The topological polar surface area (TPSA) is 15.3 Å². The molecule has 0 aliphatic carbocycles. The maximum Gasteiger partial charge on any atom is 0.0654 e. The smallest absolute Gasteiger partial charge is 0.0654 e. The number of hydrogen-bond acceptors (Lipinski definition) is 2. The number of halogens is 2. The van der Waals surface area contributed by atoms with Crippen LogP contribution < -0.4 is 10.2 Å². The highest BCUT2D eigenvalue weighted by Gasteiger charge is 2.23. The summed E-state index contributed by atoms with van der Waals surface area (Å²) in [6.07, 6.45) is 0. The van der Waals surface area contributed by atoms with Crippen molar-refractivity contribution >= 4 is 28.9 Å². The highest BCUT2D eigenvalue weighted by molar-refractivity contribution is 6.36. The maximum absolute atomic E-state index is 6.23. The molecule has 1 aliphatic heterocycles. The van der Waals surface area contributed by atoms with Crippen LogP contribution in [0.4, 0.5) is 5.69 Å². The number of benzene rings is 1. The number of anilines is 1. The Morgan fingerprint density at radius 1 is 1.31 bits per heavy atom. The Bertz CT molecular complexity index is 381. The molecule has 1 aromatic rings. The van der Waals surface area contributed by atoms with E-state index in [-0.39, 0.29) is 0 Å². The van der Waals surface area contributed by atoms with E-state index in [9.17, 15) is 0 Å². The van der Waals surface area contributed by atoms with E-state index in [1.54, 1.807) is 6.07 Å². The average molecular weight is 259 g/mol. The van der Waals surface area contributed by atoms with Gasteiger partial charge in [0.2, 0.25) is 0 Å². The molecular weight excluding hydrogens is 243 g/mol. The van der Waals surface area contributed by atoms with Crippen LogP contribution in [0.3, 0.4) is 0 Å². The fourth-order valence-corrected chi connectivity index (χ4v) is 2.59. The summed E-state index contributed by atoms with van der Waals surface area (Å²) in [5.74, 6) is 0. The van der Waals surface area contributed by atoms with Gasteiger partial charge in [-0.1, -0.05) is 23.2 Å². The third-order valence-electron chi connectivity index (χ3n) is 2.98. The molecule has 0 amide bonds. The number of piperazine rings is 1. The van der Waals surface area contributed by atoms with Gasteiger partial charge in [0.15, 0.2) is 0 Å². The molecule has 0 aromatic heterocycles. The predicted molar refractivity (Wildman–Crippen MR) is 70.7 cm³/mol. The van der Waals surface area contributed by atoms with Crippen molar-refractivity contribution in [2.45, 2.75) is 25.9 Å². The molecule has 1 heterocycles. The van der Waals surface area contributed by atoms with Crippen molar-refractivity contribution in [2.24, 2.45) is 0 Å². The van der Waals surface area contributed by atoms with E-state index in [0.717, 1.165) is 23.8 Å². The molecule has 1 fully saturated rings. The second-order valence-corrected chi connectivity index (χ2v) is 5.25. The normalized spacial score (nSPS) is 25.9. The molecule has 2 rings (SSSR count). The number of nitrogens with one attached hydrogen (secondary N) is 1. The zero-order chi connectivity index (χ0) is 11.7. The van der Waals surface area contributed by atoms with Crippen molar-refractivity contribution in [3.8, 4) is 0 Å². The van der Waals surface area contributed by atoms with Gasteiger partial charge in [0.25, 0.3) is 0 Å². The summed E-state index contributed by atoms with van der Waals surface area (Å²) in [7, 11) is 0. The molecule has 0 unspecified atom stereocenters. The van der Waals surface area contributed by atoms with Gasteiger partial charge in [0.05, 0.1) is 10.7 Å². The molecule has 2 atom stereocenters. The molecule has 4 heteroatoms. The van der Waals surface area contributed by atoms with Crippen molar-refractivity contribution in [3.63, 3.8) is 0 Å². The average Bonchev–Trinajstić information content (AvgIpc) is 2.22. The molecular formula is C12H16Cl2N2. The van der Waals surface area contributed by atoms with Crippen LogP contribution in [-0.2, 0) is 0 Å². The van der Waals surface area contributed by atoms with Crippen LogP contribution in [0.2, 0.25) is 10.0 Å². The fraction of sp³-hybridized carbons (Fsp3) is 0.500. The standard InChI is InChI=1S/C12H16Cl2N2/c1-8-7-16(9(2)6-15-8)12-4-3-10(13)5-11(12)14/h3-5,8-9,15H,6-7H2,1-2H3/t8-,9-/m0/s1. The lowest BCUT2D eigenvalue weighted by atomic mass is 10.1. The monoisotopic (exact) mass is 258 g/mol. The van der Waals surface area contributed by atoms with E-state index < -0.39 is 0 Å². The lowest BCUT2D eigenvalue weighted by Gasteiger charge is -2.39. The summed E-state index contributed by atoms with van der Waals surface area (Å²) in [6, 6.07) is 6.64. The van der Waals surface area contributed by atoms with E-state index in [1.807, 2.05) is 12.1 Å². The van der Waals surface area contributed by atoms with Crippen LogP contribution >= 0.6 is 23.2 Å². The summed E-state index contributed by atoms with van der Waals surface area (Å²) < 4.78 is 0. The molecule has 2 nitrogen and oxygen atoms in total. The Labute approximate surface area is 107 Å². The van der Waals surface area contributed by atoms with Gasteiger partial charge in [0, 0.05) is 30.2 Å². The summed E-state index contributed by atoms with van der Waals surface area (Å²) in [4.78, 5) is 2.33. The van der Waals surface area contributed by atoms with E-state index >= 15 is 0 Å². The highest BCUT2D eigenvalue weighted by atomic mass is 35.5. The summed E-state index contributed by atoms with van der Waals surface area (Å²) in [5.41, 5.74) is 1.08. The Hall–Kier alpha value is -0.440. The summed E-state index contributed by atoms with van der Waals surface area (Å²) in [5, 5.41) is 4.87. The van der Waals surface area contributed by atoms with Crippen molar-refractivity contribution < 1.29 is 0 Å². The van der Waals surface area contributed by atoms with Crippen molar-refractivity contribution in [3.05, 3.63) is 28.2 Å². The molecule has 1 aromatic carbocycles. The van der Waals surface area contributed by atoms with Gasteiger partial charge in [-0.3, -0.25) is 0 Å². The largest absolute Gasteiger partial charge is 0.365 e. The second kappa shape index (κ2) is 4.82. The van der Waals surface area contributed by atoms with Gasteiger partial charge in [-0.2, -0.15) is 0 Å². The Balaban J connectivity index is 2.28. The summed E-state index contributed by atoms with van der Waals surface area (Å²) in [6.45, 7) is 6.34. The van der Waals surface area contributed by atoms with Gasteiger partial charge < -0.3 is 10.2 Å². The Morgan fingerprint density at radius 2 is 2.06 bits per heavy atom. The van der Waals surface area contributed by atoms with Gasteiger partial charge in [-0.05, 0) is 32.0 Å². The number of hydrogen-bond donors (Lipinski definition) is 1. The Morgan fingerprint density at radius 3 is 2.75 bits per heavy atom. The first-order chi connectivity index (χ1) is 7.58. The molecule has 0 bridgehead atoms. The first kappa shape index (κ1) is 12.0. The van der Waals surface area contributed by atoms with Crippen LogP contribution in [0, 0.1) is 0 Å². The minimum Gasteiger partial charge on any atom is -0.365 e. The lowest BCUT2D eigenvalue weighted by molar-refractivity contribution is 0.425. The number of nitrogens with zero attached hydrogens (tertiary/aromatic N) is 1. The SMILES string of the molecule is C[C@H]1CN(c2ccc(Cl)cc2Cl)[C@@H](C)CN1. The maximum atomic E-state index is 6.23. The van der Waals surface area contributed by atoms with E-state index in [0.29, 0.717) is 17.1 Å². The minimum atomic E-state index is 0.454. The lowest BCUT2D eigenvalue weighted by Crippen LogP contribution is -2.54. The minimum absolute atomic E-state index is 0.454. The van der Waals surface area contributed by atoms with Gasteiger partial charge in [0.1, 0.15) is 0 Å². The third kappa shape index (κ3) is 2.45. The molecule has 1 aliphatic rings. The van der Waals surface area contributed by atoms with Crippen LogP contribution in [0.15, 0.2) is 18.2 Å². The van der Waals surface area contributed by atoms with Gasteiger partial charge in [-0.15, -0.1) is 0 Å². The van der Waals surface area contributed by atoms with Crippen molar-refractivity contribution in [1.82, 2.24) is 5.32 Å². The molecule has 1 saturated heterocycles. The Kier molecular flexibility index (Phi) is 3.63. The molecule has 0 radical (unpaired) electrons. The van der Waals surface area contributed by atoms with Crippen LogP contribution in [-0.4, -0.2) is 25.2 Å². The molecule has 88 valence electrons. The second-order valence-electron chi connectivity index (χ2n) is 4.41. The van der Waals surface area contributed by atoms with Crippen LogP contribution in [0.5, 0.6) is 0 Å². The quantitative estimate of drug-likeness (QED) is 0.833. The summed E-state index contributed by atoms with van der Waals surface area (Å²) >= 11 is 12.1. The fourth-order valence-electron chi connectivity index (χ4n) is 2.07. The van der Waals surface area contributed by atoms with Crippen molar-refractivity contribution in [2.75, 3.05) is 18.0 Å².